The zero-order chi connectivity index (χ0) is 31.6. The molecule has 3 nitrogen and oxygen atoms in total. The van der Waals surface area contributed by atoms with Gasteiger partial charge in [0.15, 0.2) is 5.82 Å². The van der Waals surface area contributed by atoms with E-state index in [1.54, 1.807) is 0 Å². The maximum atomic E-state index is 6.38. The van der Waals surface area contributed by atoms with Gasteiger partial charge in [-0.25, -0.2) is 9.97 Å². The number of benzene rings is 7. The molecule has 0 saturated carbocycles. The van der Waals surface area contributed by atoms with E-state index in [1.165, 1.54) is 36.7 Å². The highest BCUT2D eigenvalue weighted by Crippen LogP contribution is 2.51. The molecule has 4 heteroatoms. The van der Waals surface area contributed by atoms with Crippen LogP contribution >= 0.6 is 11.3 Å². The molecule has 224 valence electrons. The summed E-state index contributed by atoms with van der Waals surface area (Å²) in [6, 6.07) is 55.2. The topological polar surface area (TPSA) is 38.9 Å². The Balaban J connectivity index is 1.38. The van der Waals surface area contributed by atoms with Crippen molar-refractivity contribution in [2.24, 2.45) is 0 Å². The fraction of sp³-hybridized carbons (Fsp3) is 0. The predicted octanol–water partition coefficient (Wildman–Crippen LogP) is 12.6. The Hall–Kier alpha value is -6.10. The second-order valence-corrected chi connectivity index (χ2v) is 13.1. The van der Waals surface area contributed by atoms with Gasteiger partial charge in [0.05, 0.1) is 11.4 Å². The van der Waals surface area contributed by atoms with Crippen LogP contribution in [-0.2, 0) is 0 Å². The second kappa shape index (κ2) is 10.7. The molecule has 0 N–H and O–H groups in total. The van der Waals surface area contributed by atoms with Gasteiger partial charge in [0.1, 0.15) is 11.2 Å². The molecule has 7 aromatic carbocycles. The molecule has 0 bridgehead atoms. The third kappa shape index (κ3) is 4.13. The molecule has 3 aromatic heterocycles. The molecule has 0 fully saturated rings. The summed E-state index contributed by atoms with van der Waals surface area (Å²) in [5, 5.41) is 6.93. The van der Waals surface area contributed by atoms with Crippen LogP contribution in [0.4, 0.5) is 0 Å². The van der Waals surface area contributed by atoms with Crippen LogP contribution in [0.25, 0.3) is 97.9 Å². The Kier molecular flexibility index (Phi) is 6.05. The maximum Gasteiger partial charge on any atom is 0.161 e. The fourth-order valence-electron chi connectivity index (χ4n) is 7.20. The average Bonchev–Trinajstić information content (AvgIpc) is 3.73. The summed E-state index contributed by atoms with van der Waals surface area (Å²) in [6.45, 7) is 0. The molecule has 0 radical (unpaired) electrons. The minimum absolute atomic E-state index is 0.721. The third-order valence-corrected chi connectivity index (χ3v) is 10.5. The quantitative estimate of drug-likeness (QED) is 0.194. The van der Waals surface area contributed by atoms with Crippen molar-refractivity contribution >= 4 is 64.2 Å². The Bertz CT molecular complexity index is 2780. The van der Waals surface area contributed by atoms with Gasteiger partial charge < -0.3 is 4.42 Å². The van der Waals surface area contributed by atoms with Crippen LogP contribution in [0.1, 0.15) is 0 Å². The normalized spacial score (nSPS) is 11.8. The second-order valence-electron chi connectivity index (χ2n) is 12.1. The Morgan fingerprint density at radius 3 is 1.71 bits per heavy atom. The van der Waals surface area contributed by atoms with Gasteiger partial charge in [0.25, 0.3) is 0 Å². The van der Waals surface area contributed by atoms with Crippen molar-refractivity contribution in [3.8, 4) is 45.0 Å². The summed E-state index contributed by atoms with van der Waals surface area (Å²) in [7, 11) is 0. The zero-order valence-corrected chi connectivity index (χ0v) is 26.5. The van der Waals surface area contributed by atoms with Crippen LogP contribution in [0.5, 0.6) is 0 Å². The first kappa shape index (κ1) is 27.1. The summed E-state index contributed by atoms with van der Waals surface area (Å²) in [5.74, 6) is 0.721. The molecule has 10 aromatic rings. The van der Waals surface area contributed by atoms with Crippen LogP contribution in [0, 0.1) is 0 Å². The number of thiophene rings is 1. The zero-order valence-electron chi connectivity index (χ0n) is 25.7. The average molecular weight is 631 g/mol. The first-order chi connectivity index (χ1) is 23.8. The van der Waals surface area contributed by atoms with Crippen LogP contribution in [-0.4, -0.2) is 9.97 Å². The van der Waals surface area contributed by atoms with Crippen molar-refractivity contribution in [2.75, 3.05) is 0 Å². The summed E-state index contributed by atoms with van der Waals surface area (Å²) in [6.07, 6.45) is 0. The summed E-state index contributed by atoms with van der Waals surface area (Å²) in [4.78, 5) is 10.7. The van der Waals surface area contributed by atoms with Crippen molar-refractivity contribution < 1.29 is 4.42 Å². The molecule has 0 aliphatic rings. The molecule has 10 rings (SSSR count). The van der Waals surface area contributed by atoms with E-state index in [0.29, 0.717) is 0 Å². The van der Waals surface area contributed by atoms with Crippen LogP contribution < -0.4 is 0 Å². The van der Waals surface area contributed by atoms with Gasteiger partial charge in [-0.15, -0.1) is 11.3 Å². The van der Waals surface area contributed by atoms with E-state index < -0.39 is 0 Å². The molecule has 0 saturated heterocycles. The number of hydrogen-bond acceptors (Lipinski definition) is 4. The number of para-hydroxylation sites is 1. The van der Waals surface area contributed by atoms with Gasteiger partial charge in [-0.1, -0.05) is 133 Å². The number of hydrogen-bond donors (Lipinski definition) is 0. The van der Waals surface area contributed by atoms with Crippen molar-refractivity contribution in [1.82, 2.24) is 9.97 Å². The van der Waals surface area contributed by atoms with E-state index >= 15 is 0 Å². The lowest BCUT2D eigenvalue weighted by molar-refractivity contribution is 0.669. The first-order valence-electron chi connectivity index (χ1n) is 16.1. The lowest BCUT2D eigenvalue weighted by Gasteiger charge is -2.16. The van der Waals surface area contributed by atoms with Crippen molar-refractivity contribution in [2.45, 2.75) is 0 Å². The third-order valence-electron chi connectivity index (χ3n) is 9.30. The first-order valence-corrected chi connectivity index (χ1v) is 16.9. The molecular weight excluding hydrogens is 605 g/mol. The SMILES string of the molecule is c1ccc(-c2cc(-c3ccccc3)nc(-c3c4ccccc4c(-c4cccc5oc6ccccc6c45)c4sc5ccccc5c34)n2)cc1. The van der Waals surface area contributed by atoms with E-state index in [1.807, 2.05) is 29.5 Å². The molecule has 0 aliphatic carbocycles. The molecule has 48 heavy (non-hydrogen) atoms. The Morgan fingerprint density at radius 1 is 0.438 bits per heavy atom. The summed E-state index contributed by atoms with van der Waals surface area (Å²) >= 11 is 1.84. The van der Waals surface area contributed by atoms with E-state index in [9.17, 15) is 0 Å². The summed E-state index contributed by atoms with van der Waals surface area (Å²) < 4.78 is 8.84. The van der Waals surface area contributed by atoms with Crippen LogP contribution in [0.3, 0.4) is 0 Å². The number of rotatable bonds is 4. The molecule has 3 heterocycles. The number of nitrogens with zero attached hydrogens (tertiary/aromatic N) is 2. The van der Waals surface area contributed by atoms with E-state index in [4.69, 9.17) is 14.4 Å². The van der Waals surface area contributed by atoms with Gasteiger partial charge in [0.2, 0.25) is 0 Å². The van der Waals surface area contributed by atoms with Crippen molar-refractivity contribution in [3.63, 3.8) is 0 Å². The number of aromatic nitrogens is 2. The largest absolute Gasteiger partial charge is 0.456 e. The highest BCUT2D eigenvalue weighted by molar-refractivity contribution is 7.26. The van der Waals surface area contributed by atoms with E-state index in [-0.39, 0.29) is 0 Å². The Labute approximate surface area is 280 Å². The lowest BCUT2D eigenvalue weighted by Crippen LogP contribution is -1.98. The molecular formula is C44H26N2OS. The molecule has 0 unspecified atom stereocenters. The standard InChI is InChI=1S/C44H26N2OS/c1-3-14-27(15-4-1)34-26-35(28-16-5-2-6-17-28)46-44(45-34)42-30-19-8-7-18-29(30)40(43-41(42)32-21-10-12-25-38(32)48-43)33-22-13-24-37-39(33)31-20-9-11-23-36(31)47-37/h1-26H. The number of furan rings is 1. The smallest absolute Gasteiger partial charge is 0.161 e. The minimum atomic E-state index is 0.721. The van der Waals surface area contributed by atoms with Gasteiger partial charge in [0, 0.05) is 53.2 Å². The Morgan fingerprint density at radius 2 is 1.00 bits per heavy atom. The van der Waals surface area contributed by atoms with Gasteiger partial charge in [-0.2, -0.15) is 0 Å². The van der Waals surface area contributed by atoms with Crippen LogP contribution in [0.2, 0.25) is 0 Å². The van der Waals surface area contributed by atoms with Gasteiger partial charge >= 0.3 is 0 Å². The van der Waals surface area contributed by atoms with Crippen LogP contribution in [0.15, 0.2) is 162 Å². The fourth-order valence-corrected chi connectivity index (χ4v) is 8.48. The van der Waals surface area contributed by atoms with Gasteiger partial charge in [-0.05, 0) is 40.6 Å². The van der Waals surface area contributed by atoms with E-state index in [0.717, 1.165) is 61.2 Å². The highest BCUT2D eigenvalue weighted by atomic mass is 32.1. The van der Waals surface area contributed by atoms with E-state index in [2.05, 4.69) is 140 Å². The van der Waals surface area contributed by atoms with Crippen molar-refractivity contribution in [1.29, 1.82) is 0 Å². The number of fused-ring (bicyclic) bond motifs is 7. The summed E-state index contributed by atoms with van der Waals surface area (Å²) in [5.41, 5.74) is 9.14. The van der Waals surface area contributed by atoms with Crippen molar-refractivity contribution in [3.05, 3.63) is 158 Å². The predicted molar refractivity (Wildman–Crippen MR) is 201 cm³/mol. The maximum absolute atomic E-state index is 6.38. The monoisotopic (exact) mass is 630 g/mol. The lowest BCUT2D eigenvalue weighted by atomic mass is 9.89. The highest BCUT2D eigenvalue weighted by Gasteiger charge is 2.25. The molecule has 0 aliphatic heterocycles. The molecule has 0 spiro atoms. The minimum Gasteiger partial charge on any atom is -0.456 e. The van der Waals surface area contributed by atoms with Gasteiger partial charge in [-0.3, -0.25) is 0 Å². The molecule has 0 amide bonds. The molecule has 0 atom stereocenters.